The third kappa shape index (κ3) is 14.9. The second kappa shape index (κ2) is 22.6. The number of nitrogens with two attached hydrogens (primary N) is 1. The lowest BCUT2D eigenvalue weighted by molar-refractivity contribution is -0.271. The van der Waals surface area contributed by atoms with Gasteiger partial charge in [-0.3, -0.25) is 38.5 Å². The number of carbonyl (C=O) groups excluding carboxylic acids is 7. The summed E-state index contributed by atoms with van der Waals surface area (Å²) in [6, 6.07) is 1.22. The van der Waals surface area contributed by atoms with E-state index in [1.807, 2.05) is 20.8 Å². The summed E-state index contributed by atoms with van der Waals surface area (Å²) >= 11 is 0. The lowest BCUT2D eigenvalue weighted by Crippen LogP contribution is -2.61. The Morgan fingerprint density at radius 1 is 0.919 bits per heavy atom. The summed E-state index contributed by atoms with van der Waals surface area (Å²) in [6.07, 6.45) is -7.49. The second-order valence-electron chi connectivity index (χ2n) is 16.1. The largest absolute Gasteiger partial charge is 0.479 e. The first kappa shape index (κ1) is 50.9. The van der Waals surface area contributed by atoms with Crippen molar-refractivity contribution in [3.05, 3.63) is 35.9 Å². The summed E-state index contributed by atoms with van der Waals surface area (Å²) in [4.78, 5) is 101. The van der Waals surface area contributed by atoms with Crippen LogP contribution in [0.15, 0.2) is 30.4 Å². The number of carboxylic acids is 1. The Morgan fingerprint density at radius 2 is 1.58 bits per heavy atom. The van der Waals surface area contributed by atoms with Crippen molar-refractivity contribution in [1.29, 1.82) is 0 Å². The van der Waals surface area contributed by atoms with E-state index in [1.54, 1.807) is 13.8 Å². The standard InChI is InChI=1S/C39H55BN6O16/c1-38(2,3)60-19-39(4,5)36(57)43-14-7-6-8-21(45-33(54)23(17-41)46-26(48)11-12-27(46)49)32(53)42-15-13-25(47)44-22-16-20(18-59-37(40)58)9-10-24(22)61-35-30(52)28(50)29(51)31(62-35)34(55)56/h9-12,16,21,23,28-31,35,50-52H,6-8,13-15,17-19,41H2,1-5H3,(H,42,53)(H,43,57)(H,44,47)(H,45,54)(H,55,56)/t21?,23?,28-,29-,30+,31-,35+/m0/s1. The van der Waals surface area contributed by atoms with Gasteiger partial charge in [0.05, 0.1) is 23.3 Å². The number of nitrogens with zero attached hydrogens (tertiary/aromatic N) is 1. The number of aliphatic hydroxyl groups excluding tert-OH is 3. The summed E-state index contributed by atoms with van der Waals surface area (Å²) in [5.41, 5.74) is 4.64. The molecule has 2 unspecified atom stereocenters. The van der Waals surface area contributed by atoms with Crippen LogP contribution >= 0.6 is 0 Å². The molecule has 2 aliphatic heterocycles. The highest BCUT2D eigenvalue weighted by atomic mass is 16.7. The van der Waals surface area contributed by atoms with E-state index >= 15 is 0 Å². The lowest BCUT2D eigenvalue weighted by Gasteiger charge is -2.38. The molecule has 2 radical (unpaired) electrons. The average molecular weight is 875 g/mol. The fourth-order valence-corrected chi connectivity index (χ4v) is 5.89. The fraction of sp³-hybridized carbons (Fsp3) is 0.590. The normalized spacial score (nSPS) is 21.1. The van der Waals surface area contributed by atoms with E-state index < -0.39 is 108 Å². The molecule has 0 aromatic heterocycles. The zero-order chi connectivity index (χ0) is 46.5. The monoisotopic (exact) mass is 874 g/mol. The lowest BCUT2D eigenvalue weighted by atomic mass is 9.93. The third-order valence-electron chi connectivity index (χ3n) is 9.41. The third-order valence-corrected chi connectivity index (χ3v) is 9.41. The molecule has 0 aliphatic carbocycles. The van der Waals surface area contributed by atoms with Crippen molar-refractivity contribution in [2.24, 2.45) is 11.1 Å². The molecule has 3 rings (SSSR count). The predicted molar refractivity (Wildman–Crippen MR) is 216 cm³/mol. The molecular weight excluding hydrogens is 819 g/mol. The first-order valence-corrected chi connectivity index (χ1v) is 19.7. The molecule has 6 amide bonds. The summed E-state index contributed by atoms with van der Waals surface area (Å²) < 4.78 is 21.4. The number of rotatable bonds is 22. The minimum atomic E-state index is -2.00. The molecule has 7 atom stereocenters. The molecule has 340 valence electrons. The molecule has 1 saturated heterocycles. The van der Waals surface area contributed by atoms with Gasteiger partial charge in [0.2, 0.25) is 43.6 Å². The quantitative estimate of drug-likeness (QED) is 0.0348. The predicted octanol–water partition coefficient (Wildman–Crippen LogP) is -1.93. The SMILES string of the molecule is [B]C(=O)OCc1ccc(O[C@@H]2O[C@H](C(=O)O)[C@@H](O)[C@H](O)[C@H]2O)c(NC(=O)CCNC(=O)C(CCCCNC(=O)C(C)(C)COC(C)(C)C)NC(=O)C(CN)N2C(=O)C=CC2=O)c1. The Balaban J connectivity index is 1.70. The Labute approximate surface area is 358 Å². The van der Waals surface area contributed by atoms with Crippen molar-refractivity contribution >= 4 is 60.8 Å². The molecular formula is C39H55BN6O16. The molecule has 22 nitrogen and oxygen atoms in total. The van der Waals surface area contributed by atoms with Gasteiger partial charge in [0.25, 0.3) is 11.8 Å². The van der Waals surface area contributed by atoms with E-state index in [1.165, 1.54) is 18.2 Å². The van der Waals surface area contributed by atoms with Gasteiger partial charge >= 0.3 is 5.97 Å². The zero-order valence-electron chi connectivity index (χ0n) is 35.1. The van der Waals surface area contributed by atoms with Crippen LogP contribution in [0, 0.1) is 5.41 Å². The maximum atomic E-state index is 13.5. The van der Waals surface area contributed by atoms with Crippen molar-refractivity contribution in [3.8, 4) is 5.75 Å². The number of aliphatic carboxylic acids is 1. The molecule has 10 N–H and O–H groups in total. The highest BCUT2D eigenvalue weighted by Gasteiger charge is 2.48. The number of carbonyl (C=O) groups is 8. The number of unbranched alkanes of at least 4 members (excludes halogenated alkanes) is 1. The summed E-state index contributed by atoms with van der Waals surface area (Å²) in [5, 5.41) is 50.6. The van der Waals surface area contributed by atoms with Gasteiger partial charge in [0, 0.05) is 38.2 Å². The smallest absolute Gasteiger partial charge is 0.335 e. The highest BCUT2D eigenvalue weighted by Crippen LogP contribution is 2.31. The number of carboxylic acid groups (broad SMARTS) is 1. The maximum absolute atomic E-state index is 13.5. The van der Waals surface area contributed by atoms with E-state index in [0.29, 0.717) is 17.7 Å². The van der Waals surface area contributed by atoms with Crippen molar-refractivity contribution in [1.82, 2.24) is 20.9 Å². The number of ether oxygens (including phenoxy) is 4. The fourth-order valence-electron chi connectivity index (χ4n) is 5.89. The van der Waals surface area contributed by atoms with Crippen LogP contribution in [0.25, 0.3) is 0 Å². The van der Waals surface area contributed by atoms with Gasteiger partial charge in [0.15, 0.2) is 6.10 Å². The van der Waals surface area contributed by atoms with Crippen LogP contribution < -0.4 is 31.7 Å². The van der Waals surface area contributed by atoms with Gasteiger partial charge in [-0.1, -0.05) is 6.07 Å². The van der Waals surface area contributed by atoms with Crippen LogP contribution in [0.4, 0.5) is 10.5 Å². The molecule has 0 saturated carbocycles. The van der Waals surface area contributed by atoms with Crippen LogP contribution in [0.3, 0.4) is 0 Å². The molecule has 0 bridgehead atoms. The maximum Gasteiger partial charge on any atom is 0.335 e. The number of imide groups is 1. The van der Waals surface area contributed by atoms with Crippen molar-refractivity contribution in [2.75, 3.05) is 31.6 Å². The number of aliphatic hydroxyl groups is 3. The van der Waals surface area contributed by atoms with Gasteiger partial charge in [-0.15, -0.1) is 0 Å². The molecule has 23 heteroatoms. The Kier molecular flexibility index (Phi) is 18.5. The minimum Gasteiger partial charge on any atom is -0.479 e. The molecule has 0 spiro atoms. The second-order valence-corrected chi connectivity index (χ2v) is 16.1. The number of hydrogen-bond donors (Lipinski definition) is 9. The van der Waals surface area contributed by atoms with Gasteiger partial charge in [-0.05, 0) is 71.6 Å². The number of hydrogen-bond acceptors (Lipinski definition) is 16. The average Bonchev–Trinajstić information content (AvgIpc) is 3.52. The van der Waals surface area contributed by atoms with E-state index in [4.69, 9.17) is 32.5 Å². The van der Waals surface area contributed by atoms with E-state index in [0.717, 1.165) is 12.2 Å². The Bertz CT molecular complexity index is 1840. The molecule has 1 aromatic rings. The number of benzene rings is 1. The molecule has 2 heterocycles. The van der Waals surface area contributed by atoms with Crippen molar-refractivity contribution < 1.29 is 77.7 Å². The molecule has 1 fully saturated rings. The van der Waals surface area contributed by atoms with Crippen LogP contribution in [0.1, 0.15) is 65.9 Å². The van der Waals surface area contributed by atoms with Crippen LogP contribution in [-0.2, 0) is 54.4 Å². The van der Waals surface area contributed by atoms with Crippen LogP contribution in [0.2, 0.25) is 0 Å². The number of amides is 6. The van der Waals surface area contributed by atoms with E-state index in [9.17, 15) is 58.8 Å². The zero-order valence-corrected chi connectivity index (χ0v) is 35.1. The highest BCUT2D eigenvalue weighted by molar-refractivity contribution is 6.55. The van der Waals surface area contributed by atoms with Gasteiger partial charge < -0.3 is 66.4 Å². The summed E-state index contributed by atoms with van der Waals surface area (Å²) in [7, 11) is 5.06. The Morgan fingerprint density at radius 3 is 2.18 bits per heavy atom. The molecule has 1 aromatic carbocycles. The van der Waals surface area contributed by atoms with E-state index in [2.05, 4.69) is 21.3 Å². The first-order valence-electron chi connectivity index (χ1n) is 19.7. The van der Waals surface area contributed by atoms with E-state index in [-0.39, 0.29) is 55.6 Å². The number of anilines is 1. The number of nitrogens with one attached hydrogen (secondary N) is 4. The summed E-state index contributed by atoms with van der Waals surface area (Å²) in [5.74, 6) is -7.12. The van der Waals surface area contributed by atoms with Gasteiger partial charge in [-0.25, -0.2) is 4.79 Å². The van der Waals surface area contributed by atoms with Gasteiger partial charge in [0.1, 0.15) is 42.8 Å². The van der Waals surface area contributed by atoms with Crippen LogP contribution in [-0.4, -0.2) is 155 Å². The molecule has 62 heavy (non-hydrogen) atoms. The Hall–Kier alpha value is -5.46. The van der Waals surface area contributed by atoms with Gasteiger partial charge in [-0.2, -0.15) is 0 Å². The summed E-state index contributed by atoms with van der Waals surface area (Å²) in [6.45, 7) is 8.39. The van der Waals surface area contributed by atoms with Crippen molar-refractivity contribution in [2.45, 2.75) is 115 Å². The topological polar surface area (TPSA) is 332 Å². The van der Waals surface area contributed by atoms with Crippen molar-refractivity contribution in [3.63, 3.8) is 0 Å². The first-order chi connectivity index (χ1) is 28.9. The minimum absolute atomic E-state index is 0.0258. The molecule has 2 aliphatic rings. The van der Waals surface area contributed by atoms with Crippen LogP contribution in [0.5, 0.6) is 5.75 Å².